The zero-order chi connectivity index (χ0) is 19.3. The van der Waals surface area contributed by atoms with Gasteiger partial charge in [-0.3, -0.25) is 4.79 Å². The Morgan fingerprint density at radius 1 is 1.36 bits per heavy atom. The Balaban J connectivity index is 1.38. The summed E-state index contributed by atoms with van der Waals surface area (Å²) in [6, 6.07) is 7.91. The quantitative estimate of drug-likeness (QED) is 0.863. The summed E-state index contributed by atoms with van der Waals surface area (Å²) in [6.07, 6.45) is 6.18. The van der Waals surface area contributed by atoms with Gasteiger partial charge in [0.15, 0.2) is 0 Å². The summed E-state index contributed by atoms with van der Waals surface area (Å²) in [6.45, 7) is 3.38. The van der Waals surface area contributed by atoms with E-state index in [1.54, 1.807) is 7.11 Å². The second kappa shape index (κ2) is 8.69. The molecule has 1 fully saturated rings. The monoisotopic (exact) mass is 380 g/mol. The molecule has 2 aliphatic rings. The molecule has 1 unspecified atom stereocenters. The Labute approximate surface area is 166 Å². The van der Waals surface area contributed by atoms with Crippen molar-refractivity contribution >= 4 is 5.91 Å². The van der Waals surface area contributed by atoms with Crippen LogP contribution < -0.4 is 10.1 Å². The van der Waals surface area contributed by atoms with Crippen molar-refractivity contribution in [2.75, 3.05) is 26.7 Å². The molecule has 0 bridgehead atoms. The van der Waals surface area contributed by atoms with Crippen LogP contribution in [0.3, 0.4) is 0 Å². The van der Waals surface area contributed by atoms with Crippen molar-refractivity contribution in [1.29, 1.82) is 0 Å². The van der Waals surface area contributed by atoms with Gasteiger partial charge in [0, 0.05) is 62.4 Å². The number of carbonyl (C=O) groups is 1. The lowest BCUT2D eigenvalue weighted by Crippen LogP contribution is -2.39. The molecule has 148 valence electrons. The average Bonchev–Trinajstić information content (AvgIpc) is 2.77. The topological polar surface area (TPSA) is 67.3 Å². The van der Waals surface area contributed by atoms with E-state index in [1.807, 2.05) is 35.4 Å². The molecule has 2 aliphatic heterocycles. The summed E-state index contributed by atoms with van der Waals surface area (Å²) in [5, 5.41) is 3.36. The van der Waals surface area contributed by atoms with Gasteiger partial charge in [-0.2, -0.15) is 0 Å². The number of carbonyl (C=O) groups excluding carboxylic acids is 1. The van der Waals surface area contributed by atoms with Gasteiger partial charge in [0.05, 0.1) is 7.11 Å². The number of piperidine rings is 1. The van der Waals surface area contributed by atoms with Gasteiger partial charge < -0.3 is 15.0 Å². The number of hydrogen-bond acceptors (Lipinski definition) is 5. The van der Waals surface area contributed by atoms with Crippen LogP contribution in [0.25, 0.3) is 0 Å². The van der Waals surface area contributed by atoms with E-state index in [9.17, 15) is 4.79 Å². The lowest BCUT2D eigenvalue weighted by molar-refractivity contribution is -0.132. The Morgan fingerprint density at radius 3 is 3.14 bits per heavy atom. The fourth-order valence-electron chi connectivity index (χ4n) is 4.17. The molecule has 0 aliphatic carbocycles. The van der Waals surface area contributed by atoms with E-state index < -0.39 is 0 Å². The van der Waals surface area contributed by atoms with Crippen LogP contribution in [-0.2, 0) is 24.2 Å². The summed E-state index contributed by atoms with van der Waals surface area (Å²) >= 11 is 0. The fourth-order valence-corrected chi connectivity index (χ4v) is 4.17. The maximum atomic E-state index is 12.8. The highest BCUT2D eigenvalue weighted by atomic mass is 16.5. The third-order valence-electron chi connectivity index (χ3n) is 5.77. The molecular formula is C22H28N4O2. The number of ether oxygens (including phenoxy) is 1. The second-order valence-corrected chi connectivity index (χ2v) is 7.62. The van der Waals surface area contributed by atoms with Gasteiger partial charge in [0.25, 0.3) is 0 Å². The van der Waals surface area contributed by atoms with Crippen molar-refractivity contribution < 1.29 is 9.53 Å². The fraction of sp³-hybridized carbons (Fsp3) is 0.500. The smallest absolute Gasteiger partial charge is 0.222 e. The number of nitrogens with one attached hydrogen (secondary N) is 1. The second-order valence-electron chi connectivity index (χ2n) is 7.62. The minimum atomic E-state index is 0.206. The number of nitrogens with zero attached hydrogens (tertiary/aromatic N) is 3. The van der Waals surface area contributed by atoms with Gasteiger partial charge in [0.1, 0.15) is 11.6 Å². The molecule has 1 aromatic carbocycles. The van der Waals surface area contributed by atoms with Crippen LogP contribution >= 0.6 is 0 Å². The van der Waals surface area contributed by atoms with Crippen LogP contribution in [0, 0.1) is 0 Å². The summed E-state index contributed by atoms with van der Waals surface area (Å²) in [7, 11) is 1.67. The zero-order valence-corrected chi connectivity index (χ0v) is 16.5. The Hall–Kier alpha value is -2.47. The Morgan fingerprint density at radius 2 is 2.25 bits per heavy atom. The molecule has 0 spiro atoms. The van der Waals surface area contributed by atoms with Gasteiger partial charge in [-0.15, -0.1) is 0 Å². The Bertz CT molecular complexity index is 839. The third-order valence-corrected chi connectivity index (χ3v) is 5.77. The number of aromatic nitrogens is 2. The number of rotatable bonds is 5. The molecule has 2 aromatic rings. The summed E-state index contributed by atoms with van der Waals surface area (Å²) in [5.41, 5.74) is 3.46. The van der Waals surface area contributed by atoms with Crippen LogP contribution in [0.1, 0.15) is 47.8 Å². The molecular weight excluding hydrogens is 352 g/mol. The molecule has 6 heteroatoms. The molecule has 3 heterocycles. The van der Waals surface area contributed by atoms with Crippen molar-refractivity contribution in [3.8, 4) is 5.75 Å². The predicted octanol–water partition coefficient (Wildman–Crippen LogP) is 2.47. The van der Waals surface area contributed by atoms with E-state index >= 15 is 0 Å². The zero-order valence-electron chi connectivity index (χ0n) is 16.5. The van der Waals surface area contributed by atoms with Crippen LogP contribution in [0.15, 0.2) is 30.5 Å². The molecule has 1 atom stereocenters. The van der Waals surface area contributed by atoms with Crippen molar-refractivity contribution in [1.82, 2.24) is 20.2 Å². The number of methoxy groups -OCH3 is 1. The third kappa shape index (κ3) is 4.17. The lowest BCUT2D eigenvalue weighted by atomic mass is 9.96. The van der Waals surface area contributed by atoms with E-state index in [0.717, 1.165) is 62.6 Å². The molecule has 1 saturated heterocycles. The maximum Gasteiger partial charge on any atom is 0.222 e. The first-order valence-electron chi connectivity index (χ1n) is 10.2. The number of likely N-dealkylation sites (tertiary alicyclic amines) is 1. The summed E-state index contributed by atoms with van der Waals surface area (Å²) in [5.74, 6) is 2.20. The van der Waals surface area contributed by atoms with E-state index in [4.69, 9.17) is 9.72 Å². The van der Waals surface area contributed by atoms with Gasteiger partial charge in [-0.25, -0.2) is 9.97 Å². The van der Waals surface area contributed by atoms with Crippen molar-refractivity contribution in [2.24, 2.45) is 0 Å². The average molecular weight is 380 g/mol. The molecule has 4 rings (SSSR count). The molecule has 0 saturated carbocycles. The van der Waals surface area contributed by atoms with Crippen molar-refractivity contribution in [3.05, 3.63) is 53.1 Å². The molecule has 0 radical (unpaired) electrons. The first-order chi connectivity index (χ1) is 13.7. The normalized spacial score (nSPS) is 19.2. The summed E-state index contributed by atoms with van der Waals surface area (Å²) in [4.78, 5) is 24.3. The SMILES string of the molecule is COc1ccccc1CCC(=O)N1CCCC(c2ncc3c(n2)CCNC3)C1. The maximum absolute atomic E-state index is 12.8. The van der Waals surface area contributed by atoms with Gasteiger partial charge in [0.2, 0.25) is 5.91 Å². The van der Waals surface area contributed by atoms with Crippen LogP contribution in [-0.4, -0.2) is 47.5 Å². The number of amides is 1. The van der Waals surface area contributed by atoms with E-state index in [1.165, 1.54) is 11.3 Å². The van der Waals surface area contributed by atoms with Crippen LogP contribution in [0.5, 0.6) is 5.75 Å². The first-order valence-corrected chi connectivity index (χ1v) is 10.2. The number of para-hydroxylation sites is 1. The van der Waals surface area contributed by atoms with Gasteiger partial charge in [-0.05, 0) is 30.9 Å². The highest BCUT2D eigenvalue weighted by Crippen LogP contribution is 2.26. The standard InChI is InChI=1S/C22H28N4O2/c1-28-20-7-3-2-5-16(20)8-9-21(27)26-12-4-6-17(15-26)22-24-14-18-13-23-11-10-19(18)25-22/h2-3,5,7,14,17,23H,4,6,8-13,15H2,1H3. The molecule has 1 N–H and O–H groups in total. The lowest BCUT2D eigenvalue weighted by Gasteiger charge is -2.32. The number of aryl methyl sites for hydroxylation is 1. The van der Waals surface area contributed by atoms with Crippen LogP contribution in [0.4, 0.5) is 0 Å². The number of hydrogen-bond donors (Lipinski definition) is 1. The van der Waals surface area contributed by atoms with Gasteiger partial charge in [-0.1, -0.05) is 18.2 Å². The highest BCUT2D eigenvalue weighted by Gasteiger charge is 2.27. The van der Waals surface area contributed by atoms with E-state index in [0.29, 0.717) is 12.8 Å². The van der Waals surface area contributed by atoms with Crippen molar-refractivity contribution in [2.45, 2.75) is 44.6 Å². The Kier molecular flexibility index (Phi) is 5.86. The largest absolute Gasteiger partial charge is 0.496 e. The number of fused-ring (bicyclic) bond motifs is 1. The van der Waals surface area contributed by atoms with Crippen LogP contribution in [0.2, 0.25) is 0 Å². The highest BCUT2D eigenvalue weighted by molar-refractivity contribution is 5.76. The summed E-state index contributed by atoms with van der Waals surface area (Å²) < 4.78 is 5.40. The van der Waals surface area contributed by atoms with Crippen molar-refractivity contribution in [3.63, 3.8) is 0 Å². The minimum absolute atomic E-state index is 0.206. The minimum Gasteiger partial charge on any atom is -0.496 e. The first kappa shape index (κ1) is 18.9. The molecule has 1 aromatic heterocycles. The van der Waals surface area contributed by atoms with E-state index in [-0.39, 0.29) is 11.8 Å². The number of benzene rings is 1. The molecule has 1 amide bonds. The molecule has 6 nitrogen and oxygen atoms in total. The van der Waals surface area contributed by atoms with E-state index in [2.05, 4.69) is 10.3 Å². The predicted molar refractivity (Wildman–Crippen MR) is 107 cm³/mol. The van der Waals surface area contributed by atoms with Gasteiger partial charge >= 0.3 is 0 Å². The molecule has 28 heavy (non-hydrogen) atoms.